The molecule has 1 fully saturated rings. The maximum absolute atomic E-state index is 12.9. The highest BCUT2D eigenvalue weighted by Gasteiger charge is 2.53. The summed E-state index contributed by atoms with van der Waals surface area (Å²) in [5.74, 6) is 0.750. The van der Waals surface area contributed by atoms with Crippen LogP contribution in [0.1, 0.15) is 36.0 Å². The van der Waals surface area contributed by atoms with E-state index >= 15 is 0 Å². The molecular weight excluding hydrogens is 326 g/mol. The molecule has 4 rings (SSSR count). The predicted octanol–water partition coefficient (Wildman–Crippen LogP) is 2.76. The number of ether oxygens (including phenoxy) is 1. The van der Waals surface area contributed by atoms with Gasteiger partial charge in [-0.3, -0.25) is 4.79 Å². The molecule has 4 nitrogen and oxygen atoms in total. The Balaban J connectivity index is 1.46. The summed E-state index contributed by atoms with van der Waals surface area (Å²) >= 11 is 0. The van der Waals surface area contributed by atoms with Crippen LogP contribution in [0, 0.1) is 0 Å². The van der Waals surface area contributed by atoms with Crippen molar-refractivity contribution in [2.75, 3.05) is 13.7 Å². The summed E-state index contributed by atoms with van der Waals surface area (Å²) in [6.45, 7) is 0.289. The van der Waals surface area contributed by atoms with Crippen LogP contribution >= 0.6 is 0 Å². The van der Waals surface area contributed by atoms with Gasteiger partial charge in [0.2, 0.25) is 5.91 Å². The smallest absolute Gasteiger partial charge is 0.230 e. The fraction of sp³-hybridized carbons (Fsp3) is 0.409. The van der Waals surface area contributed by atoms with Gasteiger partial charge in [0.25, 0.3) is 0 Å². The molecule has 2 aliphatic rings. The lowest BCUT2D eigenvalue weighted by Gasteiger charge is -2.34. The molecule has 4 heteroatoms. The second kappa shape index (κ2) is 6.44. The summed E-state index contributed by atoms with van der Waals surface area (Å²) in [5, 5.41) is 14.0. The molecule has 26 heavy (non-hydrogen) atoms. The molecular formula is C22H25NO3. The summed E-state index contributed by atoms with van der Waals surface area (Å²) in [6, 6.07) is 16.0. The van der Waals surface area contributed by atoms with Crippen LogP contribution in [-0.2, 0) is 23.1 Å². The highest BCUT2D eigenvalue weighted by Crippen LogP contribution is 2.51. The molecule has 2 N–H and O–H groups in total. The van der Waals surface area contributed by atoms with E-state index in [-0.39, 0.29) is 12.5 Å². The number of carbonyl (C=O) groups excluding carboxylic acids is 1. The number of hydrogen-bond acceptors (Lipinski definition) is 3. The Bertz CT molecular complexity index is 828. The van der Waals surface area contributed by atoms with Crippen LogP contribution in [0.15, 0.2) is 48.5 Å². The summed E-state index contributed by atoms with van der Waals surface area (Å²) in [7, 11) is 1.63. The fourth-order valence-electron chi connectivity index (χ4n) is 4.13. The molecule has 0 aliphatic heterocycles. The average Bonchev–Trinajstić information content (AvgIpc) is 3.48. The molecule has 0 radical (unpaired) electrons. The first-order valence-electron chi connectivity index (χ1n) is 9.27. The van der Waals surface area contributed by atoms with Crippen molar-refractivity contribution in [2.24, 2.45) is 0 Å². The Labute approximate surface area is 154 Å². The van der Waals surface area contributed by atoms with Gasteiger partial charge in [-0.1, -0.05) is 42.5 Å². The van der Waals surface area contributed by atoms with Crippen LogP contribution in [0.5, 0.6) is 5.75 Å². The van der Waals surface area contributed by atoms with Crippen molar-refractivity contribution in [3.63, 3.8) is 0 Å². The predicted molar refractivity (Wildman–Crippen MR) is 100 cm³/mol. The Morgan fingerprint density at radius 3 is 2.50 bits per heavy atom. The first kappa shape index (κ1) is 17.1. The summed E-state index contributed by atoms with van der Waals surface area (Å²) in [5.41, 5.74) is 2.05. The minimum absolute atomic E-state index is 0.00529. The van der Waals surface area contributed by atoms with Crippen LogP contribution in [-0.4, -0.2) is 30.3 Å². The third kappa shape index (κ3) is 2.99. The Morgan fingerprint density at radius 1 is 1.08 bits per heavy atom. The molecule has 2 aromatic rings. The van der Waals surface area contributed by atoms with Crippen LogP contribution in [0.4, 0.5) is 0 Å². The molecule has 1 amide bonds. The number of aliphatic hydroxyl groups is 1. The van der Waals surface area contributed by atoms with Crippen molar-refractivity contribution in [2.45, 2.75) is 43.1 Å². The lowest BCUT2D eigenvalue weighted by atomic mass is 9.80. The quantitative estimate of drug-likeness (QED) is 0.871. The second-order valence-electron chi connectivity index (χ2n) is 7.63. The number of carbonyl (C=O) groups is 1. The molecule has 2 aromatic carbocycles. The number of rotatable bonds is 5. The number of benzene rings is 2. The Kier molecular flexibility index (Phi) is 4.23. The third-order valence-electron chi connectivity index (χ3n) is 5.88. The first-order chi connectivity index (χ1) is 12.6. The van der Waals surface area contributed by atoms with E-state index in [1.807, 2.05) is 36.4 Å². The van der Waals surface area contributed by atoms with E-state index in [0.717, 1.165) is 30.6 Å². The maximum Gasteiger partial charge on any atom is 0.230 e. The number of methoxy groups -OCH3 is 1. The van der Waals surface area contributed by atoms with Crippen LogP contribution in [0.2, 0.25) is 0 Å². The number of para-hydroxylation sites is 1. The van der Waals surface area contributed by atoms with E-state index < -0.39 is 11.0 Å². The number of fused-ring (bicyclic) bond motifs is 1. The van der Waals surface area contributed by atoms with Gasteiger partial charge in [0.05, 0.1) is 18.1 Å². The van der Waals surface area contributed by atoms with Gasteiger partial charge < -0.3 is 15.2 Å². The molecule has 1 saturated carbocycles. The van der Waals surface area contributed by atoms with E-state index in [0.29, 0.717) is 12.8 Å². The van der Waals surface area contributed by atoms with Crippen molar-refractivity contribution in [1.29, 1.82) is 0 Å². The fourth-order valence-corrected chi connectivity index (χ4v) is 4.13. The van der Waals surface area contributed by atoms with E-state index in [1.165, 1.54) is 11.1 Å². The minimum atomic E-state index is -0.874. The van der Waals surface area contributed by atoms with Gasteiger partial charge in [0, 0.05) is 18.5 Å². The van der Waals surface area contributed by atoms with Gasteiger partial charge in [-0.25, -0.2) is 0 Å². The van der Waals surface area contributed by atoms with Gasteiger partial charge in [0.15, 0.2) is 0 Å². The zero-order chi connectivity index (χ0) is 18.2. The largest absolute Gasteiger partial charge is 0.496 e. The van der Waals surface area contributed by atoms with E-state index in [4.69, 9.17) is 4.74 Å². The van der Waals surface area contributed by atoms with Crippen molar-refractivity contribution < 1.29 is 14.6 Å². The molecule has 0 spiro atoms. The van der Waals surface area contributed by atoms with Crippen LogP contribution < -0.4 is 10.1 Å². The molecule has 0 aromatic heterocycles. The van der Waals surface area contributed by atoms with Gasteiger partial charge in [-0.2, -0.15) is 0 Å². The average molecular weight is 351 g/mol. The molecule has 136 valence electrons. The molecule has 1 atom stereocenters. The van der Waals surface area contributed by atoms with Crippen molar-refractivity contribution in [3.8, 4) is 5.75 Å². The highest BCUT2D eigenvalue weighted by molar-refractivity contribution is 5.92. The normalized spacial score (nSPS) is 23.0. The highest BCUT2D eigenvalue weighted by atomic mass is 16.5. The monoisotopic (exact) mass is 351 g/mol. The molecule has 2 aliphatic carbocycles. The number of amides is 1. The number of nitrogens with one attached hydrogen (secondary N) is 1. The standard InChI is InChI=1S/C22H25NO3/c1-26-19-9-5-4-8-18(19)22(12-13-22)20(24)23-15-21(25)11-10-16-6-2-3-7-17(16)14-21/h2-9,25H,10-15H2,1H3,(H,23,24). The van der Waals surface area contributed by atoms with E-state index in [2.05, 4.69) is 17.4 Å². The van der Waals surface area contributed by atoms with Gasteiger partial charge >= 0.3 is 0 Å². The van der Waals surface area contributed by atoms with Crippen molar-refractivity contribution in [3.05, 3.63) is 65.2 Å². The topological polar surface area (TPSA) is 58.6 Å². The zero-order valence-electron chi connectivity index (χ0n) is 15.1. The van der Waals surface area contributed by atoms with Gasteiger partial charge in [-0.15, -0.1) is 0 Å². The van der Waals surface area contributed by atoms with Gasteiger partial charge in [0.1, 0.15) is 5.75 Å². The Morgan fingerprint density at radius 2 is 1.77 bits per heavy atom. The first-order valence-corrected chi connectivity index (χ1v) is 9.27. The third-order valence-corrected chi connectivity index (χ3v) is 5.88. The van der Waals surface area contributed by atoms with Crippen molar-refractivity contribution >= 4 is 5.91 Å². The van der Waals surface area contributed by atoms with Crippen LogP contribution in [0.25, 0.3) is 0 Å². The molecule has 0 saturated heterocycles. The van der Waals surface area contributed by atoms with E-state index in [9.17, 15) is 9.90 Å². The summed E-state index contributed by atoms with van der Waals surface area (Å²) in [4.78, 5) is 12.9. The lowest BCUT2D eigenvalue weighted by Crippen LogP contribution is -2.49. The van der Waals surface area contributed by atoms with Crippen LogP contribution in [0.3, 0.4) is 0 Å². The zero-order valence-corrected chi connectivity index (χ0v) is 15.1. The van der Waals surface area contributed by atoms with E-state index in [1.54, 1.807) is 7.11 Å². The van der Waals surface area contributed by atoms with Crippen molar-refractivity contribution in [1.82, 2.24) is 5.32 Å². The number of aryl methyl sites for hydroxylation is 1. The Hall–Kier alpha value is -2.33. The molecule has 1 unspecified atom stereocenters. The maximum atomic E-state index is 12.9. The minimum Gasteiger partial charge on any atom is -0.496 e. The summed E-state index contributed by atoms with van der Waals surface area (Å²) in [6.07, 6.45) is 3.75. The number of hydrogen-bond donors (Lipinski definition) is 2. The SMILES string of the molecule is COc1ccccc1C1(C(=O)NCC2(O)CCc3ccccc3C2)CC1. The summed E-state index contributed by atoms with van der Waals surface area (Å²) < 4.78 is 5.45. The molecule has 0 bridgehead atoms. The molecule has 0 heterocycles. The van der Waals surface area contributed by atoms with Gasteiger partial charge in [-0.05, 0) is 42.9 Å². The second-order valence-corrected chi connectivity index (χ2v) is 7.63. The lowest BCUT2D eigenvalue weighted by molar-refractivity contribution is -0.125.